The Morgan fingerprint density at radius 3 is 2.05 bits per heavy atom. The van der Waals surface area contributed by atoms with Crippen LogP contribution >= 0.6 is 0 Å². The zero-order valence-corrected chi connectivity index (χ0v) is 13.3. The molecular formula is C15H28N4. The Hall–Kier alpha value is -1.32. The zero-order valence-electron chi connectivity index (χ0n) is 13.3. The van der Waals surface area contributed by atoms with Gasteiger partial charge < -0.3 is 10.6 Å². The Bertz CT molecular complexity index is 413. The van der Waals surface area contributed by atoms with Gasteiger partial charge in [0.05, 0.1) is 0 Å². The van der Waals surface area contributed by atoms with Gasteiger partial charge in [0.15, 0.2) is 0 Å². The van der Waals surface area contributed by atoms with Gasteiger partial charge in [-0.25, -0.2) is 9.97 Å². The van der Waals surface area contributed by atoms with Crippen LogP contribution in [0.5, 0.6) is 0 Å². The van der Waals surface area contributed by atoms with Crippen molar-refractivity contribution in [2.45, 2.75) is 60.4 Å². The summed E-state index contributed by atoms with van der Waals surface area (Å²) >= 11 is 0. The largest absolute Gasteiger partial charge is 0.370 e. The van der Waals surface area contributed by atoms with E-state index in [0.29, 0.717) is 17.9 Å². The quantitative estimate of drug-likeness (QED) is 0.820. The van der Waals surface area contributed by atoms with E-state index in [0.717, 1.165) is 29.6 Å². The first-order chi connectivity index (χ1) is 8.86. The van der Waals surface area contributed by atoms with E-state index in [4.69, 9.17) is 0 Å². The maximum atomic E-state index is 4.67. The molecule has 0 radical (unpaired) electrons. The van der Waals surface area contributed by atoms with Crippen molar-refractivity contribution >= 4 is 11.6 Å². The van der Waals surface area contributed by atoms with Crippen LogP contribution < -0.4 is 10.6 Å². The van der Waals surface area contributed by atoms with E-state index >= 15 is 0 Å². The number of hydrogen-bond donors (Lipinski definition) is 2. The topological polar surface area (TPSA) is 49.8 Å². The van der Waals surface area contributed by atoms with Gasteiger partial charge in [-0.3, -0.25) is 0 Å². The summed E-state index contributed by atoms with van der Waals surface area (Å²) in [6.07, 6.45) is 0. The van der Waals surface area contributed by atoms with Crippen molar-refractivity contribution in [2.24, 2.45) is 5.92 Å². The standard InChI is InChI=1S/C15H28N4/c1-8-16-14-11(6)15(17-12(7)9(2)3)19-13(18-14)10(4)5/h9-10,12H,8H2,1-7H3,(H2,16,17,18,19). The van der Waals surface area contributed by atoms with Crippen LogP contribution in [-0.2, 0) is 0 Å². The fraction of sp³-hybridized carbons (Fsp3) is 0.733. The molecule has 0 spiro atoms. The average Bonchev–Trinajstić information content (AvgIpc) is 2.33. The summed E-state index contributed by atoms with van der Waals surface area (Å²) in [5.41, 5.74) is 1.10. The van der Waals surface area contributed by atoms with Gasteiger partial charge in [-0.1, -0.05) is 27.7 Å². The van der Waals surface area contributed by atoms with Gasteiger partial charge in [0.2, 0.25) is 0 Å². The second-order valence-electron chi connectivity index (χ2n) is 5.77. The molecule has 2 N–H and O–H groups in total. The highest BCUT2D eigenvalue weighted by Gasteiger charge is 2.15. The summed E-state index contributed by atoms with van der Waals surface area (Å²) in [4.78, 5) is 9.29. The molecule has 1 unspecified atom stereocenters. The first-order valence-corrected chi connectivity index (χ1v) is 7.25. The van der Waals surface area contributed by atoms with Crippen LogP contribution in [0.25, 0.3) is 0 Å². The molecule has 108 valence electrons. The maximum Gasteiger partial charge on any atom is 0.135 e. The Balaban J connectivity index is 3.13. The van der Waals surface area contributed by atoms with E-state index in [1.807, 2.05) is 0 Å². The van der Waals surface area contributed by atoms with Crippen molar-refractivity contribution in [3.8, 4) is 0 Å². The van der Waals surface area contributed by atoms with Crippen molar-refractivity contribution in [2.75, 3.05) is 17.2 Å². The molecule has 1 heterocycles. The third kappa shape index (κ3) is 4.08. The third-order valence-corrected chi connectivity index (χ3v) is 3.39. The summed E-state index contributed by atoms with van der Waals surface area (Å²) in [5, 5.41) is 6.84. The highest BCUT2D eigenvalue weighted by molar-refractivity contribution is 5.57. The van der Waals surface area contributed by atoms with Gasteiger partial charge in [0.25, 0.3) is 0 Å². The van der Waals surface area contributed by atoms with Crippen molar-refractivity contribution in [1.82, 2.24) is 9.97 Å². The third-order valence-electron chi connectivity index (χ3n) is 3.39. The fourth-order valence-corrected chi connectivity index (χ4v) is 1.65. The molecule has 1 atom stereocenters. The molecule has 0 aliphatic carbocycles. The van der Waals surface area contributed by atoms with E-state index in [2.05, 4.69) is 69.1 Å². The molecule has 0 fully saturated rings. The number of nitrogens with one attached hydrogen (secondary N) is 2. The summed E-state index contributed by atoms with van der Waals surface area (Å²) in [7, 11) is 0. The number of aromatic nitrogens is 2. The molecule has 0 bridgehead atoms. The molecule has 1 aromatic rings. The van der Waals surface area contributed by atoms with E-state index in [9.17, 15) is 0 Å². The van der Waals surface area contributed by atoms with Gasteiger partial charge in [0.1, 0.15) is 17.5 Å². The predicted molar refractivity (Wildman–Crippen MR) is 82.9 cm³/mol. The first kappa shape index (κ1) is 15.7. The molecule has 0 aliphatic heterocycles. The van der Waals surface area contributed by atoms with E-state index in [1.54, 1.807) is 0 Å². The molecule has 4 nitrogen and oxygen atoms in total. The van der Waals surface area contributed by atoms with Crippen LogP contribution in [0.2, 0.25) is 0 Å². The van der Waals surface area contributed by atoms with Gasteiger partial charge in [-0.2, -0.15) is 0 Å². The van der Waals surface area contributed by atoms with Crippen LogP contribution in [0.15, 0.2) is 0 Å². The van der Waals surface area contributed by atoms with E-state index in [-0.39, 0.29) is 0 Å². The second kappa shape index (κ2) is 6.73. The second-order valence-corrected chi connectivity index (χ2v) is 5.77. The average molecular weight is 264 g/mol. The molecule has 0 aliphatic rings. The van der Waals surface area contributed by atoms with Gasteiger partial charge in [-0.05, 0) is 26.7 Å². The summed E-state index contributed by atoms with van der Waals surface area (Å²) in [6, 6.07) is 0.392. The van der Waals surface area contributed by atoms with Crippen molar-refractivity contribution in [1.29, 1.82) is 0 Å². The molecule has 0 amide bonds. The minimum absolute atomic E-state index is 0.327. The van der Waals surface area contributed by atoms with E-state index < -0.39 is 0 Å². The Morgan fingerprint density at radius 2 is 1.58 bits per heavy atom. The predicted octanol–water partition coefficient (Wildman–Crippen LogP) is 3.80. The Labute approximate surface area is 117 Å². The van der Waals surface area contributed by atoms with Crippen molar-refractivity contribution < 1.29 is 0 Å². The highest BCUT2D eigenvalue weighted by atomic mass is 15.1. The van der Waals surface area contributed by atoms with Crippen molar-refractivity contribution in [3.05, 3.63) is 11.4 Å². The number of hydrogen-bond acceptors (Lipinski definition) is 4. The first-order valence-electron chi connectivity index (χ1n) is 7.25. The van der Waals surface area contributed by atoms with Gasteiger partial charge in [0, 0.05) is 24.1 Å². The lowest BCUT2D eigenvalue weighted by Gasteiger charge is -2.21. The number of anilines is 2. The lowest BCUT2D eigenvalue weighted by atomic mass is 10.1. The van der Waals surface area contributed by atoms with E-state index in [1.165, 1.54) is 0 Å². The number of nitrogens with zero attached hydrogens (tertiary/aromatic N) is 2. The molecule has 19 heavy (non-hydrogen) atoms. The lowest BCUT2D eigenvalue weighted by molar-refractivity contribution is 0.557. The van der Waals surface area contributed by atoms with Gasteiger partial charge in [-0.15, -0.1) is 0 Å². The molecular weight excluding hydrogens is 236 g/mol. The van der Waals surface area contributed by atoms with Crippen LogP contribution in [0.3, 0.4) is 0 Å². The normalized spacial score (nSPS) is 12.9. The SMILES string of the molecule is CCNc1nc(C(C)C)nc(NC(C)C(C)C)c1C. The molecule has 1 rings (SSSR count). The molecule has 1 aromatic heterocycles. The van der Waals surface area contributed by atoms with Crippen LogP contribution in [0.1, 0.15) is 58.8 Å². The zero-order chi connectivity index (χ0) is 14.6. The van der Waals surface area contributed by atoms with Crippen LogP contribution in [0.4, 0.5) is 11.6 Å². The maximum absolute atomic E-state index is 4.67. The van der Waals surface area contributed by atoms with Crippen LogP contribution in [0, 0.1) is 12.8 Å². The molecule has 0 saturated carbocycles. The Kier molecular flexibility index (Phi) is 5.58. The minimum Gasteiger partial charge on any atom is -0.370 e. The Morgan fingerprint density at radius 1 is 1.00 bits per heavy atom. The summed E-state index contributed by atoms with van der Waals surface area (Å²) < 4.78 is 0. The summed E-state index contributed by atoms with van der Waals surface area (Å²) in [5.74, 6) is 3.68. The molecule has 0 aromatic carbocycles. The monoisotopic (exact) mass is 264 g/mol. The van der Waals surface area contributed by atoms with Crippen molar-refractivity contribution in [3.63, 3.8) is 0 Å². The molecule has 0 saturated heterocycles. The summed E-state index contributed by atoms with van der Waals surface area (Å²) in [6.45, 7) is 15.9. The highest BCUT2D eigenvalue weighted by Crippen LogP contribution is 2.24. The molecule has 4 heteroatoms. The number of rotatable bonds is 6. The smallest absolute Gasteiger partial charge is 0.135 e. The minimum atomic E-state index is 0.327. The van der Waals surface area contributed by atoms with Crippen LogP contribution in [-0.4, -0.2) is 22.6 Å². The lowest BCUT2D eigenvalue weighted by Crippen LogP contribution is -2.24. The van der Waals surface area contributed by atoms with Gasteiger partial charge >= 0.3 is 0 Å². The fourth-order valence-electron chi connectivity index (χ4n) is 1.65.